The van der Waals surface area contributed by atoms with Crippen molar-refractivity contribution in [2.24, 2.45) is 5.73 Å². The Morgan fingerprint density at radius 3 is 1.58 bits per heavy atom. The van der Waals surface area contributed by atoms with Crippen LogP contribution in [0.5, 0.6) is 0 Å². The standard InChI is InChI=1S/C20H18N4O2/c21-15-3-1-5-17(11-15)24(18-6-2-4-16(22)12-18)20(26)14-9-7-13(8-10-14)19(23)25/h1-12H,21-22H2,(H2,23,25). The second-order valence-corrected chi connectivity index (χ2v) is 5.77. The van der Waals surface area contributed by atoms with E-state index in [1.165, 1.54) is 17.0 Å². The highest BCUT2D eigenvalue weighted by Gasteiger charge is 2.20. The molecule has 0 aromatic heterocycles. The first-order valence-electron chi connectivity index (χ1n) is 7.91. The zero-order valence-electron chi connectivity index (χ0n) is 13.9. The Labute approximate surface area is 150 Å². The number of rotatable bonds is 4. The summed E-state index contributed by atoms with van der Waals surface area (Å²) in [6, 6.07) is 20.2. The van der Waals surface area contributed by atoms with E-state index in [4.69, 9.17) is 17.2 Å². The first-order chi connectivity index (χ1) is 12.5. The molecule has 6 N–H and O–H groups in total. The number of primary amides is 1. The fourth-order valence-corrected chi connectivity index (χ4v) is 2.62. The second-order valence-electron chi connectivity index (χ2n) is 5.77. The summed E-state index contributed by atoms with van der Waals surface area (Å²) in [5, 5.41) is 0. The Morgan fingerprint density at radius 1 is 0.692 bits per heavy atom. The number of carbonyl (C=O) groups is 2. The molecule has 130 valence electrons. The van der Waals surface area contributed by atoms with Gasteiger partial charge in [-0.25, -0.2) is 0 Å². The van der Waals surface area contributed by atoms with Crippen LogP contribution in [0, 0.1) is 0 Å². The van der Waals surface area contributed by atoms with Gasteiger partial charge in [0, 0.05) is 22.5 Å². The predicted molar refractivity (Wildman–Crippen MR) is 103 cm³/mol. The van der Waals surface area contributed by atoms with Crippen LogP contribution in [0.2, 0.25) is 0 Å². The summed E-state index contributed by atoms with van der Waals surface area (Å²) in [5.41, 5.74) is 20.0. The van der Waals surface area contributed by atoms with Crippen molar-refractivity contribution in [3.63, 3.8) is 0 Å². The van der Waals surface area contributed by atoms with Crippen molar-refractivity contribution < 1.29 is 9.59 Å². The van der Waals surface area contributed by atoms with Crippen LogP contribution >= 0.6 is 0 Å². The Morgan fingerprint density at radius 2 is 1.15 bits per heavy atom. The van der Waals surface area contributed by atoms with Gasteiger partial charge in [-0.1, -0.05) is 12.1 Å². The van der Waals surface area contributed by atoms with E-state index in [0.29, 0.717) is 33.9 Å². The van der Waals surface area contributed by atoms with E-state index in [-0.39, 0.29) is 5.91 Å². The van der Waals surface area contributed by atoms with Crippen molar-refractivity contribution in [2.45, 2.75) is 0 Å². The summed E-state index contributed by atoms with van der Waals surface area (Å²) in [7, 11) is 0. The van der Waals surface area contributed by atoms with Crippen LogP contribution in [0.1, 0.15) is 20.7 Å². The van der Waals surface area contributed by atoms with Crippen LogP contribution in [0.4, 0.5) is 22.7 Å². The molecule has 0 atom stereocenters. The van der Waals surface area contributed by atoms with Crippen molar-refractivity contribution in [3.05, 3.63) is 83.9 Å². The van der Waals surface area contributed by atoms with Gasteiger partial charge in [0.15, 0.2) is 0 Å². The van der Waals surface area contributed by atoms with Crippen molar-refractivity contribution in [2.75, 3.05) is 16.4 Å². The maximum atomic E-state index is 13.2. The molecule has 0 unspecified atom stereocenters. The summed E-state index contributed by atoms with van der Waals surface area (Å²) in [5.74, 6) is -0.829. The number of hydrogen-bond acceptors (Lipinski definition) is 4. The summed E-state index contributed by atoms with van der Waals surface area (Å²) in [6.45, 7) is 0. The van der Waals surface area contributed by atoms with Gasteiger partial charge in [-0.2, -0.15) is 0 Å². The third-order valence-electron chi connectivity index (χ3n) is 3.88. The van der Waals surface area contributed by atoms with Gasteiger partial charge in [-0.3, -0.25) is 14.5 Å². The van der Waals surface area contributed by atoms with E-state index in [1.54, 1.807) is 60.7 Å². The van der Waals surface area contributed by atoms with Crippen molar-refractivity contribution >= 4 is 34.6 Å². The maximum Gasteiger partial charge on any atom is 0.262 e. The van der Waals surface area contributed by atoms with E-state index in [0.717, 1.165) is 0 Å². The van der Waals surface area contributed by atoms with Gasteiger partial charge in [0.05, 0.1) is 11.4 Å². The highest BCUT2D eigenvalue weighted by molar-refractivity contribution is 6.11. The minimum atomic E-state index is -0.549. The molecule has 3 aromatic rings. The van der Waals surface area contributed by atoms with Gasteiger partial charge < -0.3 is 17.2 Å². The third-order valence-corrected chi connectivity index (χ3v) is 3.88. The first kappa shape index (κ1) is 17.0. The Kier molecular flexibility index (Phi) is 4.57. The van der Waals surface area contributed by atoms with Crippen LogP contribution in [0.3, 0.4) is 0 Å². The maximum absolute atomic E-state index is 13.2. The van der Waals surface area contributed by atoms with Crippen LogP contribution in [0.25, 0.3) is 0 Å². The molecule has 0 heterocycles. The Hall–Kier alpha value is -3.80. The zero-order chi connectivity index (χ0) is 18.7. The van der Waals surface area contributed by atoms with Crippen LogP contribution in [0.15, 0.2) is 72.8 Å². The van der Waals surface area contributed by atoms with E-state index >= 15 is 0 Å². The largest absolute Gasteiger partial charge is 0.399 e. The lowest BCUT2D eigenvalue weighted by molar-refractivity contribution is 0.0988. The van der Waals surface area contributed by atoms with Crippen molar-refractivity contribution in [1.82, 2.24) is 0 Å². The summed E-state index contributed by atoms with van der Waals surface area (Å²) < 4.78 is 0. The molecular weight excluding hydrogens is 328 g/mol. The summed E-state index contributed by atoms with van der Waals surface area (Å²) >= 11 is 0. The molecule has 0 aliphatic heterocycles. The average molecular weight is 346 g/mol. The van der Waals surface area contributed by atoms with E-state index < -0.39 is 5.91 Å². The van der Waals surface area contributed by atoms with Gasteiger partial charge in [0.25, 0.3) is 5.91 Å². The number of nitrogen functional groups attached to an aromatic ring is 2. The third kappa shape index (κ3) is 3.49. The van der Waals surface area contributed by atoms with Crippen LogP contribution in [-0.4, -0.2) is 11.8 Å². The summed E-state index contributed by atoms with van der Waals surface area (Å²) in [6.07, 6.45) is 0. The molecule has 6 heteroatoms. The van der Waals surface area contributed by atoms with E-state index in [1.807, 2.05) is 0 Å². The fourth-order valence-electron chi connectivity index (χ4n) is 2.62. The van der Waals surface area contributed by atoms with Gasteiger partial charge in [0.1, 0.15) is 0 Å². The normalized spacial score (nSPS) is 10.3. The molecule has 0 radical (unpaired) electrons. The lowest BCUT2D eigenvalue weighted by Gasteiger charge is -2.24. The molecule has 6 nitrogen and oxygen atoms in total. The van der Waals surface area contributed by atoms with Gasteiger partial charge in [0.2, 0.25) is 5.91 Å². The van der Waals surface area contributed by atoms with Gasteiger partial charge >= 0.3 is 0 Å². The number of nitrogens with two attached hydrogens (primary N) is 3. The topological polar surface area (TPSA) is 115 Å². The number of hydrogen-bond donors (Lipinski definition) is 3. The van der Waals surface area contributed by atoms with E-state index in [2.05, 4.69) is 0 Å². The van der Waals surface area contributed by atoms with Gasteiger partial charge in [-0.05, 0) is 60.7 Å². The van der Waals surface area contributed by atoms with Gasteiger partial charge in [-0.15, -0.1) is 0 Å². The highest BCUT2D eigenvalue weighted by Crippen LogP contribution is 2.30. The molecule has 0 fully saturated rings. The lowest BCUT2D eigenvalue weighted by Crippen LogP contribution is -2.26. The molecule has 3 aromatic carbocycles. The molecule has 0 aliphatic carbocycles. The van der Waals surface area contributed by atoms with Crippen molar-refractivity contribution in [3.8, 4) is 0 Å². The fraction of sp³-hybridized carbons (Fsp3) is 0. The molecule has 26 heavy (non-hydrogen) atoms. The second kappa shape index (κ2) is 6.98. The molecule has 0 aliphatic rings. The average Bonchev–Trinajstić information content (AvgIpc) is 2.62. The summed E-state index contributed by atoms with van der Waals surface area (Å²) in [4.78, 5) is 25.9. The highest BCUT2D eigenvalue weighted by atomic mass is 16.2. The molecule has 0 bridgehead atoms. The molecular formula is C20H18N4O2. The number of nitrogens with zero attached hydrogens (tertiary/aromatic N) is 1. The Balaban J connectivity index is 2.08. The molecule has 0 spiro atoms. The molecule has 3 rings (SSSR count). The van der Waals surface area contributed by atoms with Crippen LogP contribution < -0.4 is 22.1 Å². The SMILES string of the molecule is NC(=O)c1ccc(C(=O)N(c2cccc(N)c2)c2cccc(N)c2)cc1. The number of benzene rings is 3. The number of carbonyl (C=O) groups excluding carboxylic acids is 2. The zero-order valence-corrected chi connectivity index (χ0v) is 13.9. The minimum Gasteiger partial charge on any atom is -0.399 e. The smallest absolute Gasteiger partial charge is 0.262 e. The van der Waals surface area contributed by atoms with E-state index in [9.17, 15) is 9.59 Å². The predicted octanol–water partition coefficient (Wildman–Crippen LogP) is 2.93. The Bertz CT molecular complexity index is 922. The minimum absolute atomic E-state index is 0.280. The van der Waals surface area contributed by atoms with Crippen LogP contribution in [-0.2, 0) is 0 Å². The number of amides is 2. The lowest BCUT2D eigenvalue weighted by atomic mass is 10.1. The molecule has 2 amide bonds. The van der Waals surface area contributed by atoms with Crippen molar-refractivity contribution in [1.29, 1.82) is 0 Å². The molecule has 0 saturated carbocycles. The molecule has 0 saturated heterocycles. The number of anilines is 4. The first-order valence-corrected chi connectivity index (χ1v) is 7.91. The monoisotopic (exact) mass is 346 g/mol. The quantitative estimate of drug-likeness (QED) is 0.630.